The molecule has 1 aliphatic rings. The van der Waals surface area contributed by atoms with Gasteiger partial charge in [-0.15, -0.1) is 0 Å². The van der Waals surface area contributed by atoms with Crippen molar-refractivity contribution in [1.82, 2.24) is 4.90 Å². The van der Waals surface area contributed by atoms with Crippen LogP contribution in [-0.4, -0.2) is 38.3 Å². The van der Waals surface area contributed by atoms with Crippen molar-refractivity contribution in [3.63, 3.8) is 0 Å². The molecule has 0 aromatic heterocycles. The van der Waals surface area contributed by atoms with Gasteiger partial charge in [-0.2, -0.15) is 0 Å². The Morgan fingerprint density at radius 3 is 2.60 bits per heavy atom. The van der Waals surface area contributed by atoms with Crippen LogP contribution in [-0.2, 0) is 4.74 Å². The lowest BCUT2D eigenvalue weighted by atomic mass is 9.99. The second-order valence-electron chi connectivity index (χ2n) is 5.76. The van der Waals surface area contributed by atoms with Crippen LogP contribution in [0.4, 0.5) is 0 Å². The summed E-state index contributed by atoms with van der Waals surface area (Å²) in [6, 6.07) is 7.94. The summed E-state index contributed by atoms with van der Waals surface area (Å²) in [7, 11) is 2.18. The van der Waals surface area contributed by atoms with Crippen molar-refractivity contribution in [3.8, 4) is 0 Å². The monoisotopic (exact) mass is 296 g/mol. The normalized spacial score (nSPS) is 18.4. The van der Waals surface area contributed by atoms with Gasteiger partial charge in [0.15, 0.2) is 0 Å². The first-order valence-corrected chi connectivity index (χ1v) is 7.80. The van der Waals surface area contributed by atoms with Crippen LogP contribution in [0.15, 0.2) is 24.3 Å². The molecule has 0 spiro atoms. The van der Waals surface area contributed by atoms with E-state index in [9.17, 15) is 0 Å². The van der Waals surface area contributed by atoms with Gasteiger partial charge in [-0.1, -0.05) is 23.7 Å². The molecule has 1 aromatic carbocycles. The Balaban J connectivity index is 1.71. The molecule has 0 bridgehead atoms. The summed E-state index contributed by atoms with van der Waals surface area (Å²) in [5, 5.41) is 0.762. The van der Waals surface area contributed by atoms with E-state index in [1.165, 1.54) is 12.8 Å². The summed E-state index contributed by atoms with van der Waals surface area (Å²) in [5.74, 6) is 0.778. The van der Waals surface area contributed by atoms with Gasteiger partial charge in [0.25, 0.3) is 0 Å². The minimum absolute atomic E-state index is 0.0874. The van der Waals surface area contributed by atoms with Gasteiger partial charge in [0, 0.05) is 30.8 Å². The van der Waals surface area contributed by atoms with Crippen LogP contribution in [0.25, 0.3) is 0 Å². The summed E-state index contributed by atoms with van der Waals surface area (Å²) in [5.41, 5.74) is 7.40. The molecule has 0 radical (unpaired) electrons. The van der Waals surface area contributed by atoms with Crippen molar-refractivity contribution in [2.75, 3.05) is 33.4 Å². The Labute approximate surface area is 127 Å². The lowest BCUT2D eigenvalue weighted by Crippen LogP contribution is -2.31. The standard InChI is InChI=1S/C16H25ClN2O/c1-19(12-13-7-10-20-11-8-13)9-6-16(18)14-2-4-15(17)5-3-14/h2-5,13,16H,6-12,18H2,1H3. The van der Waals surface area contributed by atoms with Crippen molar-refractivity contribution in [3.05, 3.63) is 34.9 Å². The Morgan fingerprint density at radius 2 is 1.95 bits per heavy atom. The Bertz CT molecular complexity index is 390. The summed E-state index contributed by atoms with van der Waals surface area (Å²) in [6.45, 7) is 4.02. The van der Waals surface area contributed by atoms with E-state index < -0.39 is 0 Å². The third-order valence-electron chi connectivity index (χ3n) is 4.03. The minimum atomic E-state index is 0.0874. The third-order valence-corrected chi connectivity index (χ3v) is 4.28. The summed E-state index contributed by atoms with van der Waals surface area (Å²) < 4.78 is 5.40. The molecule has 1 heterocycles. The molecule has 1 fully saturated rings. The average Bonchev–Trinajstić information content (AvgIpc) is 2.46. The number of hydrogen-bond donors (Lipinski definition) is 1. The van der Waals surface area contributed by atoms with E-state index in [1.807, 2.05) is 24.3 Å². The van der Waals surface area contributed by atoms with Gasteiger partial charge in [0.05, 0.1) is 0 Å². The van der Waals surface area contributed by atoms with Crippen molar-refractivity contribution >= 4 is 11.6 Å². The van der Waals surface area contributed by atoms with Crippen molar-refractivity contribution in [1.29, 1.82) is 0 Å². The lowest BCUT2D eigenvalue weighted by Gasteiger charge is -2.27. The van der Waals surface area contributed by atoms with Crippen LogP contribution >= 0.6 is 11.6 Å². The molecule has 1 atom stereocenters. The fourth-order valence-corrected chi connectivity index (χ4v) is 2.82. The minimum Gasteiger partial charge on any atom is -0.381 e. The SMILES string of the molecule is CN(CCC(N)c1ccc(Cl)cc1)CC1CCOCC1. The number of halogens is 1. The zero-order valence-corrected chi connectivity index (χ0v) is 13.0. The van der Waals surface area contributed by atoms with E-state index in [0.29, 0.717) is 0 Å². The zero-order chi connectivity index (χ0) is 14.4. The first-order valence-electron chi connectivity index (χ1n) is 7.42. The summed E-state index contributed by atoms with van der Waals surface area (Å²) >= 11 is 5.89. The molecule has 2 N–H and O–H groups in total. The van der Waals surface area contributed by atoms with Crippen LogP contribution in [0.3, 0.4) is 0 Å². The average molecular weight is 297 g/mol. The number of hydrogen-bond acceptors (Lipinski definition) is 3. The molecule has 20 heavy (non-hydrogen) atoms. The predicted molar refractivity (Wildman–Crippen MR) is 84.0 cm³/mol. The van der Waals surface area contributed by atoms with E-state index in [2.05, 4.69) is 11.9 Å². The molecule has 1 unspecified atom stereocenters. The van der Waals surface area contributed by atoms with E-state index in [4.69, 9.17) is 22.1 Å². The lowest BCUT2D eigenvalue weighted by molar-refractivity contribution is 0.0554. The van der Waals surface area contributed by atoms with Gasteiger partial charge in [-0.25, -0.2) is 0 Å². The second-order valence-corrected chi connectivity index (χ2v) is 6.20. The van der Waals surface area contributed by atoms with Crippen LogP contribution in [0.1, 0.15) is 30.9 Å². The maximum Gasteiger partial charge on any atom is 0.0469 e. The largest absolute Gasteiger partial charge is 0.381 e. The molecule has 1 aromatic rings. The quantitative estimate of drug-likeness (QED) is 0.877. The highest BCUT2D eigenvalue weighted by Gasteiger charge is 2.16. The van der Waals surface area contributed by atoms with Crippen LogP contribution in [0.5, 0.6) is 0 Å². The Kier molecular flexibility index (Phi) is 6.30. The molecular formula is C16H25ClN2O. The van der Waals surface area contributed by atoms with E-state index in [1.54, 1.807) is 0 Å². The molecule has 2 rings (SSSR count). The van der Waals surface area contributed by atoms with Crippen LogP contribution < -0.4 is 5.73 Å². The highest BCUT2D eigenvalue weighted by Crippen LogP contribution is 2.19. The second kappa shape index (κ2) is 7.99. The van der Waals surface area contributed by atoms with E-state index in [0.717, 1.165) is 49.2 Å². The smallest absolute Gasteiger partial charge is 0.0469 e. The van der Waals surface area contributed by atoms with E-state index in [-0.39, 0.29) is 6.04 Å². The number of nitrogens with zero attached hydrogens (tertiary/aromatic N) is 1. The number of nitrogens with two attached hydrogens (primary N) is 1. The van der Waals surface area contributed by atoms with Crippen molar-refractivity contribution < 1.29 is 4.74 Å². The fourth-order valence-electron chi connectivity index (χ4n) is 2.70. The first-order chi connectivity index (χ1) is 9.65. The molecule has 1 aliphatic heterocycles. The van der Waals surface area contributed by atoms with Gasteiger partial charge in [0.2, 0.25) is 0 Å². The number of benzene rings is 1. The maximum absolute atomic E-state index is 6.24. The van der Waals surface area contributed by atoms with Gasteiger partial charge >= 0.3 is 0 Å². The van der Waals surface area contributed by atoms with Crippen LogP contribution in [0, 0.1) is 5.92 Å². The highest BCUT2D eigenvalue weighted by molar-refractivity contribution is 6.30. The van der Waals surface area contributed by atoms with Crippen molar-refractivity contribution in [2.24, 2.45) is 11.7 Å². The predicted octanol–water partition coefficient (Wildman–Crippen LogP) is 3.09. The Morgan fingerprint density at radius 1 is 1.30 bits per heavy atom. The van der Waals surface area contributed by atoms with E-state index >= 15 is 0 Å². The number of rotatable bonds is 6. The van der Waals surface area contributed by atoms with Crippen LogP contribution in [0.2, 0.25) is 5.02 Å². The summed E-state index contributed by atoms with van der Waals surface area (Å²) in [4.78, 5) is 2.39. The van der Waals surface area contributed by atoms with Gasteiger partial charge in [-0.05, 0) is 56.5 Å². The molecule has 0 saturated carbocycles. The number of ether oxygens (including phenoxy) is 1. The topological polar surface area (TPSA) is 38.5 Å². The zero-order valence-electron chi connectivity index (χ0n) is 12.2. The molecule has 3 nitrogen and oxygen atoms in total. The van der Waals surface area contributed by atoms with Gasteiger partial charge in [-0.3, -0.25) is 0 Å². The van der Waals surface area contributed by atoms with Gasteiger partial charge in [0.1, 0.15) is 0 Å². The molecular weight excluding hydrogens is 272 g/mol. The third kappa shape index (κ3) is 5.06. The fraction of sp³-hybridized carbons (Fsp3) is 0.625. The summed E-state index contributed by atoms with van der Waals surface area (Å²) in [6.07, 6.45) is 3.35. The molecule has 1 saturated heterocycles. The molecule has 0 amide bonds. The maximum atomic E-state index is 6.24. The highest BCUT2D eigenvalue weighted by atomic mass is 35.5. The molecule has 4 heteroatoms. The molecule has 112 valence electrons. The first kappa shape index (κ1) is 15.8. The van der Waals surface area contributed by atoms with Gasteiger partial charge < -0.3 is 15.4 Å². The Hall–Kier alpha value is -0.610. The van der Waals surface area contributed by atoms with Crippen molar-refractivity contribution in [2.45, 2.75) is 25.3 Å². The molecule has 0 aliphatic carbocycles.